The minimum Gasteiger partial charge on any atom is -0.425 e. The molecule has 0 N–H and O–H groups in total. The van der Waals surface area contributed by atoms with Crippen LogP contribution in [0.3, 0.4) is 0 Å². The molecule has 0 radical (unpaired) electrons. The van der Waals surface area contributed by atoms with Crippen LogP contribution in [0.2, 0.25) is 78.6 Å². The van der Waals surface area contributed by atoms with Crippen molar-refractivity contribution in [2.24, 2.45) is 0 Å². The predicted octanol–water partition coefficient (Wildman–Crippen LogP) is 7.87. The van der Waals surface area contributed by atoms with Crippen molar-refractivity contribution in [3.05, 3.63) is 59.7 Å². The maximum atomic E-state index is 13.2. The molecule has 0 heterocycles. The zero-order valence-corrected chi connectivity index (χ0v) is 26.4. The molecule has 0 aliphatic carbocycles. The Morgan fingerprint density at radius 3 is 0.875 bits per heavy atom. The fourth-order valence-corrected chi connectivity index (χ4v) is 25.0. The van der Waals surface area contributed by atoms with Crippen LogP contribution >= 0.6 is 0 Å². The molecule has 0 aliphatic rings. The first-order chi connectivity index (χ1) is 14.3. The summed E-state index contributed by atoms with van der Waals surface area (Å²) in [5, 5.41) is 0. The van der Waals surface area contributed by atoms with Crippen molar-refractivity contribution in [2.75, 3.05) is 8.46 Å². The van der Waals surface area contributed by atoms with E-state index in [1.807, 2.05) is 24.3 Å². The van der Waals surface area contributed by atoms with Crippen molar-refractivity contribution >= 4 is 50.1 Å². The van der Waals surface area contributed by atoms with Crippen LogP contribution in [0.4, 0.5) is 11.4 Å². The van der Waals surface area contributed by atoms with Crippen LogP contribution in [0.1, 0.15) is 15.9 Å². The van der Waals surface area contributed by atoms with Crippen molar-refractivity contribution in [3.63, 3.8) is 0 Å². The highest BCUT2D eigenvalue weighted by Crippen LogP contribution is 2.30. The Hall–Kier alpha value is -1.42. The van der Waals surface area contributed by atoms with Gasteiger partial charge in [-0.15, -0.1) is 0 Å². The second-order valence-electron chi connectivity index (χ2n) is 12.8. The maximum absolute atomic E-state index is 13.2. The zero-order valence-electron chi connectivity index (χ0n) is 22.4. The summed E-state index contributed by atoms with van der Waals surface area (Å²) in [6.07, 6.45) is 0. The third-order valence-corrected chi connectivity index (χ3v) is 19.9. The first-order valence-corrected chi connectivity index (χ1v) is 25.5. The van der Waals surface area contributed by atoms with Crippen molar-refractivity contribution in [1.29, 1.82) is 0 Å². The monoisotopic (exact) mass is 500 g/mol. The highest BCUT2D eigenvalue weighted by Gasteiger charge is 2.35. The van der Waals surface area contributed by atoms with Gasteiger partial charge in [0.25, 0.3) is 0 Å². The Balaban J connectivity index is 2.33. The summed E-state index contributed by atoms with van der Waals surface area (Å²) in [6, 6.07) is 16.6. The van der Waals surface area contributed by atoms with Gasteiger partial charge in [-0.3, -0.25) is 4.79 Å². The lowest BCUT2D eigenvalue weighted by atomic mass is 10.0. The normalized spacial score (nSPS) is 13.1. The van der Waals surface area contributed by atoms with Gasteiger partial charge >= 0.3 is 0 Å². The van der Waals surface area contributed by atoms with E-state index in [0.717, 1.165) is 11.1 Å². The molecule has 2 rings (SSSR count). The Morgan fingerprint density at radius 2 is 0.688 bits per heavy atom. The van der Waals surface area contributed by atoms with Crippen molar-refractivity contribution in [2.45, 2.75) is 78.6 Å². The summed E-state index contributed by atoms with van der Waals surface area (Å²) >= 11 is 0. The van der Waals surface area contributed by atoms with Crippen molar-refractivity contribution in [3.8, 4) is 0 Å². The van der Waals surface area contributed by atoms with Crippen molar-refractivity contribution < 1.29 is 4.79 Å². The molecule has 0 bridgehead atoms. The van der Waals surface area contributed by atoms with Gasteiger partial charge < -0.3 is 8.46 Å². The largest absolute Gasteiger partial charge is 0.425 e. The Morgan fingerprint density at radius 1 is 0.469 bits per heavy atom. The number of carbonyl (C=O) groups excluding carboxylic acids is 1. The number of rotatable bonds is 8. The number of anilines is 2. The topological polar surface area (TPSA) is 23.6 Å². The fraction of sp³-hybridized carbons (Fsp3) is 0.480. The Labute approximate surface area is 201 Å². The molecule has 0 saturated heterocycles. The molecule has 0 unspecified atom stereocenters. The van der Waals surface area contributed by atoms with E-state index < -0.39 is 32.9 Å². The molecule has 32 heavy (non-hydrogen) atoms. The van der Waals surface area contributed by atoms with Gasteiger partial charge in [-0.2, -0.15) is 0 Å². The highest BCUT2D eigenvalue weighted by molar-refractivity contribution is 6.99. The first-order valence-electron chi connectivity index (χ1n) is 11.7. The number of hydrogen-bond acceptors (Lipinski definition) is 3. The molecule has 0 fully saturated rings. The molecule has 0 aromatic heterocycles. The van der Waals surface area contributed by atoms with Gasteiger partial charge in [0.05, 0.1) is 0 Å². The molecule has 0 saturated carbocycles. The van der Waals surface area contributed by atoms with Gasteiger partial charge in [-0.25, -0.2) is 0 Å². The molecule has 2 aromatic rings. The van der Waals surface area contributed by atoms with E-state index in [2.05, 4.69) is 111 Å². The molecule has 0 aliphatic heterocycles. The van der Waals surface area contributed by atoms with E-state index in [1.54, 1.807) is 0 Å². The van der Waals surface area contributed by atoms with Crippen LogP contribution in [0.5, 0.6) is 0 Å². The van der Waals surface area contributed by atoms with E-state index in [4.69, 9.17) is 0 Å². The molecule has 176 valence electrons. The minimum atomic E-state index is -1.51. The van der Waals surface area contributed by atoms with E-state index >= 15 is 0 Å². The minimum absolute atomic E-state index is 0.100. The summed E-state index contributed by atoms with van der Waals surface area (Å²) in [5.41, 5.74) is 4.05. The average Bonchev–Trinajstić information content (AvgIpc) is 2.57. The molecule has 0 atom stereocenters. The van der Waals surface area contributed by atoms with Gasteiger partial charge in [0, 0.05) is 22.5 Å². The number of carbonyl (C=O) groups is 1. The Kier molecular flexibility index (Phi) is 7.61. The summed E-state index contributed by atoms with van der Waals surface area (Å²) in [6.45, 7) is 28.8. The fourth-order valence-electron chi connectivity index (χ4n) is 5.25. The third kappa shape index (κ3) is 6.33. The lowest BCUT2D eigenvalue weighted by molar-refractivity contribution is 0.103. The van der Waals surface area contributed by atoms with Crippen molar-refractivity contribution in [1.82, 2.24) is 0 Å². The summed E-state index contributed by atoms with van der Waals surface area (Å²) in [7, 11) is -6.03. The van der Waals surface area contributed by atoms with Gasteiger partial charge in [0.2, 0.25) is 0 Å². The third-order valence-electron chi connectivity index (χ3n) is 5.46. The lowest BCUT2D eigenvalue weighted by Gasteiger charge is -2.46. The highest BCUT2D eigenvalue weighted by atomic mass is 28.4. The lowest BCUT2D eigenvalue weighted by Crippen LogP contribution is -2.59. The molecule has 7 heteroatoms. The van der Waals surface area contributed by atoms with Gasteiger partial charge in [-0.05, 0) is 48.5 Å². The van der Waals surface area contributed by atoms with Crippen LogP contribution in [-0.4, -0.2) is 38.7 Å². The second kappa shape index (κ2) is 9.08. The van der Waals surface area contributed by atoms with E-state index in [0.29, 0.717) is 0 Å². The summed E-state index contributed by atoms with van der Waals surface area (Å²) in [4.78, 5) is 13.2. The molecule has 0 amide bonds. The number of hydrogen-bond donors (Lipinski definition) is 0. The zero-order chi connectivity index (χ0) is 24.7. The van der Waals surface area contributed by atoms with Crippen LogP contribution in [0.15, 0.2) is 48.5 Å². The summed E-state index contributed by atoms with van der Waals surface area (Å²) in [5.74, 6) is 0.100. The summed E-state index contributed by atoms with van der Waals surface area (Å²) < 4.78 is 5.37. The van der Waals surface area contributed by atoms with Crippen LogP contribution in [0.25, 0.3) is 0 Å². The second-order valence-corrected chi connectivity index (χ2v) is 32.8. The van der Waals surface area contributed by atoms with Gasteiger partial charge in [0.15, 0.2) is 5.78 Å². The van der Waals surface area contributed by atoms with E-state index in [1.165, 1.54) is 11.4 Å². The molecular formula is C25H44N2OSi4. The molecule has 2 aromatic carbocycles. The van der Waals surface area contributed by atoms with Crippen LogP contribution < -0.4 is 8.46 Å². The number of nitrogens with zero attached hydrogens (tertiary/aromatic N) is 2. The quantitative estimate of drug-likeness (QED) is 0.272. The van der Waals surface area contributed by atoms with Gasteiger partial charge in [0.1, 0.15) is 32.9 Å². The SMILES string of the molecule is C[Si](C)(C)N(c1ccc(C(=O)c2ccc(N([Si](C)(C)C)[Si](C)(C)C)cc2)cc1)[Si](C)(C)C. The predicted molar refractivity (Wildman–Crippen MR) is 155 cm³/mol. The number of ketones is 1. The van der Waals surface area contributed by atoms with Crippen LogP contribution in [0, 0.1) is 0 Å². The van der Waals surface area contributed by atoms with Crippen LogP contribution in [-0.2, 0) is 0 Å². The smallest absolute Gasteiger partial charge is 0.193 e. The Bertz CT molecular complexity index is 823. The molecule has 0 spiro atoms. The van der Waals surface area contributed by atoms with Gasteiger partial charge in [-0.1, -0.05) is 78.6 Å². The number of benzene rings is 2. The maximum Gasteiger partial charge on any atom is 0.193 e. The molecule has 3 nitrogen and oxygen atoms in total. The standard InChI is InChI=1S/C25H44N2OSi4/c1-29(2,3)26(30(4,5)6)23-17-13-21(14-18-23)25(28)22-15-19-24(20-16-22)27(31(7,8)9)32(10,11)12/h13-20H,1-12H3. The average molecular weight is 501 g/mol. The molecular weight excluding hydrogens is 457 g/mol. The van der Waals surface area contributed by atoms with E-state index in [9.17, 15) is 4.79 Å². The first kappa shape index (κ1) is 26.8. The van der Waals surface area contributed by atoms with E-state index in [-0.39, 0.29) is 5.78 Å².